The standard InChI is InChI=1S/C14H25N3O2/c1-3-15-8-11(2)9-16-10-13(18)17-7-5-4-6-12(17)14(16)19/h11-12,15H,3-10H2,1-2H3. The first-order valence-electron chi connectivity index (χ1n) is 7.42. The molecule has 19 heavy (non-hydrogen) atoms. The molecule has 2 unspecified atom stereocenters. The van der Waals surface area contributed by atoms with E-state index in [2.05, 4.69) is 19.2 Å². The van der Waals surface area contributed by atoms with Gasteiger partial charge in [-0.15, -0.1) is 0 Å². The normalized spacial score (nSPS) is 25.5. The maximum absolute atomic E-state index is 12.4. The molecule has 5 nitrogen and oxygen atoms in total. The van der Waals surface area contributed by atoms with Gasteiger partial charge in [-0.05, 0) is 38.3 Å². The molecule has 2 heterocycles. The van der Waals surface area contributed by atoms with E-state index >= 15 is 0 Å². The minimum absolute atomic E-state index is 0.125. The van der Waals surface area contributed by atoms with Crippen LogP contribution < -0.4 is 5.32 Å². The summed E-state index contributed by atoms with van der Waals surface area (Å²) < 4.78 is 0. The topological polar surface area (TPSA) is 52.7 Å². The molecule has 2 saturated heterocycles. The molecule has 0 aromatic rings. The average molecular weight is 267 g/mol. The number of nitrogens with one attached hydrogen (secondary N) is 1. The van der Waals surface area contributed by atoms with Gasteiger partial charge in [-0.2, -0.15) is 0 Å². The molecule has 108 valence electrons. The predicted octanol–water partition coefficient (Wildman–Crippen LogP) is 0.455. The molecule has 0 aliphatic carbocycles. The maximum atomic E-state index is 12.4. The number of hydrogen-bond acceptors (Lipinski definition) is 3. The minimum atomic E-state index is -0.179. The van der Waals surface area contributed by atoms with Gasteiger partial charge in [0.05, 0.1) is 6.54 Å². The third kappa shape index (κ3) is 3.26. The largest absolute Gasteiger partial charge is 0.331 e. The van der Waals surface area contributed by atoms with E-state index in [-0.39, 0.29) is 24.4 Å². The third-order valence-electron chi connectivity index (χ3n) is 4.02. The Hall–Kier alpha value is -1.10. The molecule has 2 aliphatic rings. The van der Waals surface area contributed by atoms with Crippen LogP contribution in [0.25, 0.3) is 0 Å². The van der Waals surface area contributed by atoms with Crippen LogP contribution in [0.1, 0.15) is 33.1 Å². The van der Waals surface area contributed by atoms with Crippen molar-refractivity contribution in [3.05, 3.63) is 0 Å². The molecular weight excluding hydrogens is 242 g/mol. The van der Waals surface area contributed by atoms with Crippen molar-refractivity contribution >= 4 is 11.8 Å². The molecule has 2 aliphatic heterocycles. The minimum Gasteiger partial charge on any atom is -0.331 e. The summed E-state index contributed by atoms with van der Waals surface area (Å²) in [6.07, 6.45) is 2.93. The number of hydrogen-bond donors (Lipinski definition) is 1. The molecule has 2 rings (SSSR count). The Morgan fingerprint density at radius 2 is 2.16 bits per heavy atom. The number of carbonyl (C=O) groups is 2. The highest BCUT2D eigenvalue weighted by atomic mass is 16.2. The highest BCUT2D eigenvalue weighted by molar-refractivity contribution is 5.95. The number of fused-ring (bicyclic) bond motifs is 1. The fraction of sp³-hybridized carbons (Fsp3) is 0.857. The van der Waals surface area contributed by atoms with Gasteiger partial charge >= 0.3 is 0 Å². The number of piperidine rings is 1. The van der Waals surface area contributed by atoms with E-state index in [0.29, 0.717) is 12.5 Å². The van der Waals surface area contributed by atoms with Crippen molar-refractivity contribution < 1.29 is 9.59 Å². The first kappa shape index (κ1) is 14.3. The van der Waals surface area contributed by atoms with Crippen LogP contribution in [0, 0.1) is 5.92 Å². The second-order valence-electron chi connectivity index (χ2n) is 5.73. The van der Waals surface area contributed by atoms with Crippen LogP contribution in [0.4, 0.5) is 0 Å². The summed E-state index contributed by atoms with van der Waals surface area (Å²) in [5, 5.41) is 3.29. The van der Waals surface area contributed by atoms with E-state index in [1.807, 2.05) is 0 Å². The summed E-state index contributed by atoms with van der Waals surface area (Å²) in [7, 11) is 0. The van der Waals surface area contributed by atoms with Gasteiger partial charge in [0.2, 0.25) is 11.8 Å². The summed E-state index contributed by atoms with van der Waals surface area (Å²) in [6.45, 7) is 7.73. The molecule has 0 radical (unpaired) electrons. The van der Waals surface area contributed by atoms with Crippen molar-refractivity contribution in [2.75, 3.05) is 32.7 Å². The van der Waals surface area contributed by atoms with E-state index in [4.69, 9.17) is 0 Å². The predicted molar refractivity (Wildman–Crippen MR) is 73.6 cm³/mol. The van der Waals surface area contributed by atoms with Gasteiger partial charge < -0.3 is 15.1 Å². The van der Waals surface area contributed by atoms with Gasteiger partial charge in [0, 0.05) is 13.1 Å². The zero-order valence-electron chi connectivity index (χ0n) is 12.0. The highest BCUT2D eigenvalue weighted by Gasteiger charge is 2.40. The summed E-state index contributed by atoms with van der Waals surface area (Å²) >= 11 is 0. The SMILES string of the molecule is CCNCC(C)CN1CC(=O)N2CCCCC2C1=O. The molecule has 2 atom stereocenters. The van der Waals surface area contributed by atoms with Gasteiger partial charge in [-0.1, -0.05) is 13.8 Å². The lowest BCUT2D eigenvalue weighted by Crippen LogP contribution is -2.61. The maximum Gasteiger partial charge on any atom is 0.245 e. The number of rotatable bonds is 5. The number of piperazine rings is 1. The Morgan fingerprint density at radius 1 is 1.37 bits per heavy atom. The van der Waals surface area contributed by atoms with Crippen LogP contribution in [0.3, 0.4) is 0 Å². The van der Waals surface area contributed by atoms with Gasteiger partial charge in [-0.25, -0.2) is 0 Å². The average Bonchev–Trinajstić information content (AvgIpc) is 2.42. The van der Waals surface area contributed by atoms with Crippen molar-refractivity contribution in [1.82, 2.24) is 15.1 Å². The van der Waals surface area contributed by atoms with Crippen LogP contribution in [0.2, 0.25) is 0 Å². The summed E-state index contributed by atoms with van der Waals surface area (Å²) in [6, 6.07) is -0.179. The van der Waals surface area contributed by atoms with E-state index in [9.17, 15) is 9.59 Å². The quantitative estimate of drug-likeness (QED) is 0.787. The lowest BCUT2D eigenvalue weighted by Gasteiger charge is -2.43. The molecular formula is C14H25N3O2. The zero-order chi connectivity index (χ0) is 13.8. The Labute approximate surface area is 115 Å². The Morgan fingerprint density at radius 3 is 2.89 bits per heavy atom. The molecule has 0 aromatic carbocycles. The van der Waals surface area contributed by atoms with Crippen LogP contribution in [-0.2, 0) is 9.59 Å². The van der Waals surface area contributed by atoms with Gasteiger partial charge in [0.15, 0.2) is 0 Å². The summed E-state index contributed by atoms with van der Waals surface area (Å²) in [4.78, 5) is 28.1. The van der Waals surface area contributed by atoms with Gasteiger partial charge in [-0.3, -0.25) is 9.59 Å². The van der Waals surface area contributed by atoms with E-state index in [0.717, 1.165) is 38.9 Å². The fourth-order valence-electron chi connectivity index (χ4n) is 3.02. The molecule has 2 fully saturated rings. The first-order valence-corrected chi connectivity index (χ1v) is 7.42. The number of nitrogens with zero attached hydrogens (tertiary/aromatic N) is 2. The van der Waals surface area contributed by atoms with Crippen molar-refractivity contribution in [2.45, 2.75) is 39.2 Å². The van der Waals surface area contributed by atoms with E-state index in [1.54, 1.807) is 9.80 Å². The number of carbonyl (C=O) groups excluding carboxylic acids is 2. The molecule has 0 aromatic heterocycles. The Kier molecular flexibility index (Phi) is 4.80. The lowest BCUT2D eigenvalue weighted by atomic mass is 9.97. The smallest absolute Gasteiger partial charge is 0.245 e. The zero-order valence-corrected chi connectivity index (χ0v) is 12.0. The molecule has 1 N–H and O–H groups in total. The van der Waals surface area contributed by atoms with Crippen LogP contribution in [0.5, 0.6) is 0 Å². The van der Waals surface area contributed by atoms with Crippen molar-refractivity contribution in [3.8, 4) is 0 Å². The van der Waals surface area contributed by atoms with E-state index < -0.39 is 0 Å². The van der Waals surface area contributed by atoms with Crippen molar-refractivity contribution in [3.63, 3.8) is 0 Å². The van der Waals surface area contributed by atoms with Gasteiger partial charge in [0.25, 0.3) is 0 Å². The summed E-state index contributed by atoms with van der Waals surface area (Å²) in [5.74, 6) is 0.662. The third-order valence-corrected chi connectivity index (χ3v) is 4.02. The monoisotopic (exact) mass is 267 g/mol. The van der Waals surface area contributed by atoms with Crippen LogP contribution >= 0.6 is 0 Å². The van der Waals surface area contributed by atoms with E-state index in [1.165, 1.54) is 0 Å². The molecule has 0 saturated carbocycles. The molecule has 0 spiro atoms. The Bertz CT molecular complexity index is 346. The van der Waals surface area contributed by atoms with Crippen LogP contribution in [-0.4, -0.2) is 60.4 Å². The lowest BCUT2D eigenvalue weighted by molar-refractivity contribution is -0.158. The van der Waals surface area contributed by atoms with Crippen molar-refractivity contribution in [1.29, 1.82) is 0 Å². The Balaban J connectivity index is 1.94. The van der Waals surface area contributed by atoms with Crippen molar-refractivity contribution in [2.24, 2.45) is 5.92 Å². The summed E-state index contributed by atoms with van der Waals surface area (Å²) in [5.41, 5.74) is 0. The van der Waals surface area contributed by atoms with Crippen LogP contribution in [0.15, 0.2) is 0 Å². The fourth-order valence-corrected chi connectivity index (χ4v) is 3.02. The highest BCUT2D eigenvalue weighted by Crippen LogP contribution is 2.23. The molecule has 0 bridgehead atoms. The second-order valence-corrected chi connectivity index (χ2v) is 5.73. The molecule has 5 heteroatoms. The number of amides is 2. The second kappa shape index (κ2) is 6.37. The first-order chi connectivity index (χ1) is 9.13. The molecule has 2 amide bonds. The van der Waals surface area contributed by atoms with Gasteiger partial charge in [0.1, 0.15) is 6.04 Å².